The van der Waals surface area contributed by atoms with Crippen LogP contribution in [0.4, 0.5) is 0 Å². The van der Waals surface area contributed by atoms with E-state index in [1.54, 1.807) is 7.11 Å². The molecule has 0 aromatic carbocycles. The van der Waals surface area contributed by atoms with Gasteiger partial charge in [-0.25, -0.2) is 0 Å². The first-order chi connectivity index (χ1) is 9.55. The molecular formula is C16H27N3O. The van der Waals surface area contributed by atoms with Gasteiger partial charge in [-0.05, 0) is 33.9 Å². The number of hydrogen-bond donors (Lipinski definition) is 1. The molecule has 4 heteroatoms. The minimum absolute atomic E-state index is 0.327. The van der Waals surface area contributed by atoms with Crippen molar-refractivity contribution in [1.82, 2.24) is 15.2 Å². The molecule has 0 spiro atoms. The van der Waals surface area contributed by atoms with Crippen LogP contribution in [-0.2, 0) is 6.54 Å². The Morgan fingerprint density at radius 3 is 2.60 bits per heavy atom. The zero-order valence-electron chi connectivity index (χ0n) is 13.2. The van der Waals surface area contributed by atoms with Gasteiger partial charge in [0.2, 0.25) is 0 Å². The zero-order valence-corrected chi connectivity index (χ0v) is 13.2. The highest BCUT2D eigenvalue weighted by atomic mass is 16.5. The Morgan fingerprint density at radius 2 is 2.00 bits per heavy atom. The first kappa shape index (κ1) is 15.3. The summed E-state index contributed by atoms with van der Waals surface area (Å²) in [4.78, 5) is 6.94. The summed E-state index contributed by atoms with van der Waals surface area (Å²) in [6.45, 7) is 3.83. The SMILES string of the molecule is COc1cc(C)nc(CNCC2(N(C)C)CCCC2)c1. The Bertz CT molecular complexity index is 439. The first-order valence-corrected chi connectivity index (χ1v) is 7.45. The van der Waals surface area contributed by atoms with E-state index in [4.69, 9.17) is 4.74 Å². The number of aromatic nitrogens is 1. The molecule has 2 rings (SSSR count). The van der Waals surface area contributed by atoms with Crippen molar-refractivity contribution in [2.75, 3.05) is 27.7 Å². The van der Waals surface area contributed by atoms with Gasteiger partial charge in [-0.2, -0.15) is 0 Å². The minimum Gasteiger partial charge on any atom is -0.497 e. The number of aryl methyl sites for hydroxylation is 1. The summed E-state index contributed by atoms with van der Waals surface area (Å²) >= 11 is 0. The molecule has 1 fully saturated rings. The lowest BCUT2D eigenvalue weighted by Crippen LogP contribution is -2.49. The van der Waals surface area contributed by atoms with Crippen LogP contribution in [0.1, 0.15) is 37.1 Å². The van der Waals surface area contributed by atoms with E-state index in [1.165, 1.54) is 25.7 Å². The number of nitrogens with zero attached hydrogens (tertiary/aromatic N) is 2. The summed E-state index contributed by atoms with van der Waals surface area (Å²) in [5, 5.41) is 3.58. The second-order valence-electron chi connectivity index (χ2n) is 6.07. The summed E-state index contributed by atoms with van der Waals surface area (Å²) in [7, 11) is 6.09. The molecule has 0 amide bonds. The van der Waals surface area contributed by atoms with E-state index < -0.39 is 0 Å². The van der Waals surface area contributed by atoms with Crippen LogP contribution in [0.2, 0.25) is 0 Å². The normalized spacial score (nSPS) is 17.6. The fraction of sp³-hybridized carbons (Fsp3) is 0.688. The Hall–Kier alpha value is -1.13. The van der Waals surface area contributed by atoms with Crippen molar-refractivity contribution in [3.8, 4) is 5.75 Å². The fourth-order valence-corrected chi connectivity index (χ4v) is 3.15. The first-order valence-electron chi connectivity index (χ1n) is 7.45. The highest BCUT2D eigenvalue weighted by Gasteiger charge is 2.35. The smallest absolute Gasteiger partial charge is 0.122 e. The predicted octanol–water partition coefficient (Wildman–Crippen LogP) is 2.36. The lowest BCUT2D eigenvalue weighted by Gasteiger charge is -2.36. The van der Waals surface area contributed by atoms with Crippen molar-refractivity contribution in [1.29, 1.82) is 0 Å². The third-order valence-electron chi connectivity index (χ3n) is 4.46. The van der Waals surface area contributed by atoms with E-state index in [0.29, 0.717) is 5.54 Å². The van der Waals surface area contributed by atoms with Gasteiger partial charge in [0.25, 0.3) is 0 Å². The van der Waals surface area contributed by atoms with Gasteiger partial charge in [-0.1, -0.05) is 12.8 Å². The third-order valence-corrected chi connectivity index (χ3v) is 4.46. The third kappa shape index (κ3) is 3.49. The highest BCUT2D eigenvalue weighted by Crippen LogP contribution is 2.33. The summed E-state index contributed by atoms with van der Waals surface area (Å²) < 4.78 is 5.30. The summed E-state index contributed by atoms with van der Waals surface area (Å²) in [5.41, 5.74) is 2.38. The number of ether oxygens (including phenoxy) is 1. The molecule has 1 aromatic rings. The van der Waals surface area contributed by atoms with E-state index in [9.17, 15) is 0 Å². The second-order valence-corrected chi connectivity index (χ2v) is 6.07. The van der Waals surface area contributed by atoms with Gasteiger partial charge in [-0.15, -0.1) is 0 Å². The monoisotopic (exact) mass is 277 g/mol. The van der Waals surface area contributed by atoms with Gasteiger partial charge in [0.15, 0.2) is 0 Å². The van der Waals surface area contributed by atoms with E-state index in [1.807, 2.05) is 19.1 Å². The number of nitrogens with one attached hydrogen (secondary N) is 1. The van der Waals surface area contributed by atoms with Crippen LogP contribution in [-0.4, -0.2) is 43.2 Å². The maximum atomic E-state index is 5.30. The molecule has 0 radical (unpaired) electrons. The van der Waals surface area contributed by atoms with Crippen molar-refractivity contribution in [3.05, 3.63) is 23.5 Å². The maximum Gasteiger partial charge on any atom is 0.122 e. The number of pyridine rings is 1. The van der Waals surface area contributed by atoms with Gasteiger partial charge < -0.3 is 15.0 Å². The molecule has 4 nitrogen and oxygen atoms in total. The molecule has 20 heavy (non-hydrogen) atoms. The molecule has 112 valence electrons. The Kier molecular flexibility index (Phi) is 5.00. The number of hydrogen-bond acceptors (Lipinski definition) is 4. The average molecular weight is 277 g/mol. The summed E-state index contributed by atoms with van der Waals surface area (Å²) in [5.74, 6) is 0.887. The largest absolute Gasteiger partial charge is 0.497 e. The average Bonchev–Trinajstić information content (AvgIpc) is 2.88. The number of likely N-dealkylation sites (N-methyl/N-ethyl adjacent to an activating group) is 1. The Morgan fingerprint density at radius 1 is 1.30 bits per heavy atom. The van der Waals surface area contributed by atoms with Crippen LogP contribution >= 0.6 is 0 Å². The van der Waals surface area contributed by atoms with Crippen molar-refractivity contribution in [2.24, 2.45) is 0 Å². The van der Waals surface area contributed by atoms with E-state index >= 15 is 0 Å². The molecule has 1 N–H and O–H groups in total. The van der Waals surface area contributed by atoms with Crippen LogP contribution in [0, 0.1) is 6.92 Å². The van der Waals surface area contributed by atoms with Crippen LogP contribution in [0.3, 0.4) is 0 Å². The van der Waals surface area contributed by atoms with Gasteiger partial charge in [-0.3, -0.25) is 4.98 Å². The minimum atomic E-state index is 0.327. The molecular weight excluding hydrogens is 250 g/mol. The standard InChI is InChI=1S/C16H27N3O/c1-13-9-15(20-4)10-14(18-13)11-17-12-16(19(2)3)7-5-6-8-16/h9-10,17H,5-8,11-12H2,1-4H3. The van der Waals surface area contributed by atoms with E-state index in [-0.39, 0.29) is 0 Å². The zero-order chi connectivity index (χ0) is 14.6. The number of methoxy groups -OCH3 is 1. The molecule has 1 saturated carbocycles. The molecule has 1 aliphatic rings. The Balaban J connectivity index is 1.93. The van der Waals surface area contributed by atoms with E-state index in [2.05, 4.69) is 29.3 Å². The topological polar surface area (TPSA) is 37.4 Å². The van der Waals surface area contributed by atoms with Gasteiger partial charge in [0.1, 0.15) is 5.75 Å². The van der Waals surface area contributed by atoms with Crippen molar-refractivity contribution in [2.45, 2.75) is 44.7 Å². The van der Waals surface area contributed by atoms with Crippen molar-refractivity contribution < 1.29 is 4.74 Å². The quantitative estimate of drug-likeness (QED) is 0.866. The highest BCUT2D eigenvalue weighted by molar-refractivity contribution is 5.26. The second kappa shape index (κ2) is 6.55. The van der Waals surface area contributed by atoms with Gasteiger partial charge in [0.05, 0.1) is 12.8 Å². The molecule has 1 aromatic heterocycles. The lowest BCUT2D eigenvalue weighted by atomic mass is 9.96. The van der Waals surface area contributed by atoms with Crippen molar-refractivity contribution in [3.63, 3.8) is 0 Å². The predicted molar refractivity (Wildman–Crippen MR) is 82.1 cm³/mol. The lowest BCUT2D eigenvalue weighted by molar-refractivity contribution is 0.153. The molecule has 0 unspecified atom stereocenters. The van der Waals surface area contributed by atoms with Gasteiger partial charge >= 0.3 is 0 Å². The van der Waals surface area contributed by atoms with Crippen LogP contribution in [0.25, 0.3) is 0 Å². The number of rotatable bonds is 6. The van der Waals surface area contributed by atoms with Crippen molar-refractivity contribution >= 4 is 0 Å². The van der Waals surface area contributed by atoms with Gasteiger partial charge in [0, 0.05) is 36.5 Å². The molecule has 1 heterocycles. The van der Waals surface area contributed by atoms with Crippen LogP contribution in [0.5, 0.6) is 5.75 Å². The molecule has 1 aliphatic carbocycles. The fourth-order valence-electron chi connectivity index (χ4n) is 3.15. The van der Waals surface area contributed by atoms with E-state index in [0.717, 1.165) is 30.2 Å². The summed E-state index contributed by atoms with van der Waals surface area (Å²) in [6, 6.07) is 3.97. The molecule has 0 saturated heterocycles. The molecule has 0 bridgehead atoms. The molecule has 0 aliphatic heterocycles. The van der Waals surface area contributed by atoms with Crippen LogP contribution < -0.4 is 10.1 Å². The molecule has 0 atom stereocenters. The Labute approximate surface area is 122 Å². The maximum absolute atomic E-state index is 5.30. The van der Waals surface area contributed by atoms with Crippen LogP contribution in [0.15, 0.2) is 12.1 Å². The summed E-state index contributed by atoms with van der Waals surface area (Å²) in [6.07, 6.45) is 5.27.